The first-order chi connectivity index (χ1) is 14.2. The Morgan fingerprint density at radius 2 is 1.76 bits per heavy atom. The Balaban J connectivity index is 1.38. The zero-order valence-corrected chi connectivity index (χ0v) is 16.8. The maximum absolute atomic E-state index is 12.4. The van der Waals surface area contributed by atoms with Gasteiger partial charge in [-0.15, -0.1) is 0 Å². The predicted molar refractivity (Wildman–Crippen MR) is 114 cm³/mol. The average Bonchev–Trinajstić information content (AvgIpc) is 2.78. The van der Waals surface area contributed by atoms with Gasteiger partial charge in [-0.3, -0.25) is 9.59 Å². The number of nitrogens with one attached hydrogen (secondary N) is 1. The van der Waals surface area contributed by atoms with Crippen LogP contribution in [0.4, 0.5) is 0 Å². The highest BCUT2D eigenvalue weighted by Crippen LogP contribution is 2.18. The van der Waals surface area contributed by atoms with Crippen molar-refractivity contribution in [2.45, 2.75) is 19.3 Å². The highest BCUT2D eigenvalue weighted by atomic mass is 16.5. The molecule has 5 nitrogen and oxygen atoms in total. The van der Waals surface area contributed by atoms with Crippen molar-refractivity contribution in [2.75, 3.05) is 26.7 Å². The fraction of sp³-hybridized carbons (Fsp3) is 0.333. The molecule has 1 fully saturated rings. The van der Waals surface area contributed by atoms with Gasteiger partial charge in [0.2, 0.25) is 11.8 Å². The van der Waals surface area contributed by atoms with Crippen LogP contribution in [0.15, 0.2) is 60.7 Å². The summed E-state index contributed by atoms with van der Waals surface area (Å²) in [6, 6.07) is 17.7. The van der Waals surface area contributed by atoms with Gasteiger partial charge >= 0.3 is 0 Å². The molecular formula is C24H28N2O3. The zero-order valence-electron chi connectivity index (χ0n) is 16.8. The molecule has 1 heterocycles. The summed E-state index contributed by atoms with van der Waals surface area (Å²) in [5.74, 6) is 0.906. The predicted octanol–water partition coefficient (Wildman–Crippen LogP) is 3.31. The van der Waals surface area contributed by atoms with E-state index in [1.165, 1.54) is 0 Å². The fourth-order valence-corrected chi connectivity index (χ4v) is 3.47. The molecule has 152 valence electrons. The summed E-state index contributed by atoms with van der Waals surface area (Å²) in [4.78, 5) is 26.6. The van der Waals surface area contributed by atoms with E-state index in [2.05, 4.69) is 5.32 Å². The Labute approximate surface area is 172 Å². The maximum Gasteiger partial charge on any atom is 0.246 e. The lowest BCUT2D eigenvalue weighted by Crippen LogP contribution is -2.42. The Bertz CT molecular complexity index is 823. The van der Waals surface area contributed by atoms with Gasteiger partial charge in [0.25, 0.3) is 0 Å². The number of ether oxygens (including phenoxy) is 1. The Kier molecular flexibility index (Phi) is 7.45. The number of methoxy groups -OCH3 is 1. The molecule has 0 aliphatic carbocycles. The Morgan fingerprint density at radius 3 is 2.41 bits per heavy atom. The molecule has 1 saturated heterocycles. The van der Waals surface area contributed by atoms with Crippen molar-refractivity contribution < 1.29 is 14.3 Å². The van der Waals surface area contributed by atoms with Gasteiger partial charge in [-0.25, -0.2) is 0 Å². The van der Waals surface area contributed by atoms with Crippen molar-refractivity contribution in [1.82, 2.24) is 10.2 Å². The van der Waals surface area contributed by atoms with Crippen molar-refractivity contribution in [3.8, 4) is 5.75 Å². The lowest BCUT2D eigenvalue weighted by molar-refractivity contribution is -0.132. The van der Waals surface area contributed by atoms with Crippen LogP contribution in [-0.2, 0) is 16.0 Å². The number of nitrogens with zero attached hydrogens (tertiary/aromatic N) is 1. The van der Waals surface area contributed by atoms with Gasteiger partial charge in [0, 0.05) is 31.6 Å². The van der Waals surface area contributed by atoms with Gasteiger partial charge in [-0.05, 0) is 48.6 Å². The van der Waals surface area contributed by atoms with Gasteiger partial charge in [-0.1, -0.05) is 42.5 Å². The number of carbonyl (C=O) groups excluding carboxylic acids is 2. The maximum atomic E-state index is 12.4. The number of benzene rings is 2. The van der Waals surface area contributed by atoms with E-state index in [1.807, 2.05) is 65.6 Å². The number of hydrogen-bond acceptors (Lipinski definition) is 3. The van der Waals surface area contributed by atoms with Gasteiger partial charge in [-0.2, -0.15) is 0 Å². The Hall–Kier alpha value is -3.08. The molecule has 0 bridgehead atoms. The number of piperidine rings is 1. The average molecular weight is 392 g/mol. The summed E-state index contributed by atoms with van der Waals surface area (Å²) in [6.45, 7) is 1.85. The number of amides is 2. The largest absolute Gasteiger partial charge is 0.497 e. The quantitative estimate of drug-likeness (QED) is 0.736. The van der Waals surface area contributed by atoms with E-state index in [-0.39, 0.29) is 17.7 Å². The second-order valence-corrected chi connectivity index (χ2v) is 7.23. The summed E-state index contributed by atoms with van der Waals surface area (Å²) in [5.41, 5.74) is 2.17. The van der Waals surface area contributed by atoms with E-state index >= 15 is 0 Å². The molecule has 1 aliphatic rings. The molecule has 1 aliphatic heterocycles. The first-order valence-electron chi connectivity index (χ1n) is 10.1. The number of carbonyl (C=O) groups is 2. The van der Waals surface area contributed by atoms with Crippen molar-refractivity contribution >= 4 is 17.9 Å². The SMILES string of the molecule is COc1ccc(CCNC(=O)C2CCN(C(=O)C=Cc3ccccc3)CC2)cc1. The van der Waals surface area contributed by atoms with Crippen LogP contribution in [0.2, 0.25) is 0 Å². The molecule has 2 aromatic carbocycles. The molecule has 0 spiro atoms. The molecule has 0 saturated carbocycles. The molecule has 2 amide bonds. The van der Waals surface area contributed by atoms with E-state index in [0.717, 1.165) is 23.3 Å². The third-order valence-corrected chi connectivity index (χ3v) is 5.27. The van der Waals surface area contributed by atoms with Crippen LogP contribution in [-0.4, -0.2) is 43.5 Å². The minimum atomic E-state index is -0.0204. The molecule has 2 aromatic rings. The van der Waals surface area contributed by atoms with Crippen molar-refractivity contribution in [2.24, 2.45) is 5.92 Å². The van der Waals surface area contributed by atoms with Gasteiger partial charge < -0.3 is 15.0 Å². The molecule has 1 N–H and O–H groups in total. The molecule has 5 heteroatoms. The summed E-state index contributed by atoms with van der Waals surface area (Å²) >= 11 is 0. The van der Waals surface area contributed by atoms with Crippen LogP contribution in [0.25, 0.3) is 6.08 Å². The minimum absolute atomic E-state index is 0.00668. The molecule has 0 aromatic heterocycles. The first-order valence-corrected chi connectivity index (χ1v) is 10.1. The second kappa shape index (κ2) is 10.5. The molecule has 29 heavy (non-hydrogen) atoms. The van der Waals surface area contributed by atoms with Crippen LogP contribution >= 0.6 is 0 Å². The van der Waals surface area contributed by atoms with E-state index in [4.69, 9.17) is 4.74 Å². The standard InChI is InChI=1S/C24H28N2O3/c1-29-22-10-7-20(8-11-22)13-16-25-24(28)21-14-17-26(18-15-21)23(27)12-9-19-5-3-2-4-6-19/h2-12,21H,13-18H2,1H3,(H,25,28). The smallest absolute Gasteiger partial charge is 0.246 e. The first kappa shape index (κ1) is 20.6. The van der Waals surface area contributed by atoms with Crippen LogP contribution in [0, 0.1) is 5.92 Å². The van der Waals surface area contributed by atoms with Crippen LogP contribution in [0.5, 0.6) is 5.75 Å². The Morgan fingerprint density at radius 1 is 1.07 bits per heavy atom. The molecule has 3 rings (SSSR count). The minimum Gasteiger partial charge on any atom is -0.497 e. The van der Waals surface area contributed by atoms with Crippen LogP contribution in [0.3, 0.4) is 0 Å². The summed E-state index contributed by atoms with van der Waals surface area (Å²) in [7, 11) is 1.65. The third-order valence-electron chi connectivity index (χ3n) is 5.27. The van der Waals surface area contributed by atoms with Gasteiger partial charge in [0.15, 0.2) is 0 Å². The fourth-order valence-electron chi connectivity index (χ4n) is 3.47. The van der Waals surface area contributed by atoms with Crippen molar-refractivity contribution in [3.05, 3.63) is 71.8 Å². The van der Waals surface area contributed by atoms with E-state index in [9.17, 15) is 9.59 Å². The third kappa shape index (κ3) is 6.21. The molecule has 0 atom stereocenters. The van der Waals surface area contributed by atoms with Crippen molar-refractivity contribution in [1.29, 1.82) is 0 Å². The summed E-state index contributed by atoms with van der Waals surface area (Å²) < 4.78 is 5.15. The van der Waals surface area contributed by atoms with Crippen LogP contribution < -0.4 is 10.1 Å². The van der Waals surface area contributed by atoms with E-state index in [1.54, 1.807) is 13.2 Å². The van der Waals surface area contributed by atoms with Crippen molar-refractivity contribution in [3.63, 3.8) is 0 Å². The summed E-state index contributed by atoms with van der Waals surface area (Å²) in [6.07, 6.45) is 5.65. The molecule has 0 unspecified atom stereocenters. The molecule has 0 radical (unpaired) electrons. The highest BCUT2D eigenvalue weighted by Gasteiger charge is 2.26. The normalized spacial score (nSPS) is 14.7. The molecular weight excluding hydrogens is 364 g/mol. The second-order valence-electron chi connectivity index (χ2n) is 7.23. The van der Waals surface area contributed by atoms with E-state index in [0.29, 0.717) is 32.5 Å². The van der Waals surface area contributed by atoms with Crippen LogP contribution in [0.1, 0.15) is 24.0 Å². The number of hydrogen-bond donors (Lipinski definition) is 1. The lowest BCUT2D eigenvalue weighted by atomic mass is 9.95. The summed E-state index contributed by atoms with van der Waals surface area (Å²) in [5, 5.41) is 3.03. The topological polar surface area (TPSA) is 58.6 Å². The van der Waals surface area contributed by atoms with E-state index < -0.39 is 0 Å². The van der Waals surface area contributed by atoms with Gasteiger partial charge in [0.05, 0.1) is 7.11 Å². The zero-order chi connectivity index (χ0) is 20.5. The van der Waals surface area contributed by atoms with Gasteiger partial charge in [0.1, 0.15) is 5.75 Å². The monoisotopic (exact) mass is 392 g/mol. The number of rotatable bonds is 7. The highest BCUT2D eigenvalue weighted by molar-refractivity contribution is 5.92. The lowest BCUT2D eigenvalue weighted by Gasteiger charge is -2.30. The number of likely N-dealkylation sites (tertiary alicyclic amines) is 1.